The standard InChI is InChI=1S/C9H21NSi/c1-6-8-9(7-2)10-11(3,4)5/h8,10H,6-7H2,1-5H3/b9-8+. The number of rotatable bonds is 4. The van der Waals surface area contributed by atoms with Crippen molar-refractivity contribution in [1.29, 1.82) is 0 Å². The van der Waals surface area contributed by atoms with E-state index < -0.39 is 8.24 Å². The van der Waals surface area contributed by atoms with Crippen LogP contribution in [0.15, 0.2) is 11.8 Å². The normalized spacial score (nSPS) is 13.4. The second-order valence-corrected chi connectivity index (χ2v) is 8.62. The van der Waals surface area contributed by atoms with E-state index in [1.54, 1.807) is 0 Å². The fourth-order valence-corrected chi connectivity index (χ4v) is 2.25. The van der Waals surface area contributed by atoms with Gasteiger partial charge in [-0.15, -0.1) is 0 Å². The summed E-state index contributed by atoms with van der Waals surface area (Å²) in [6, 6.07) is 0. The van der Waals surface area contributed by atoms with Crippen LogP contribution < -0.4 is 4.98 Å². The summed E-state index contributed by atoms with van der Waals surface area (Å²) in [5, 5.41) is 0. The summed E-state index contributed by atoms with van der Waals surface area (Å²) in [4.78, 5) is 3.61. The van der Waals surface area contributed by atoms with Crippen molar-refractivity contribution >= 4 is 8.24 Å². The predicted octanol–water partition coefficient (Wildman–Crippen LogP) is 3.11. The number of hydrogen-bond donors (Lipinski definition) is 1. The van der Waals surface area contributed by atoms with Gasteiger partial charge in [0, 0.05) is 0 Å². The van der Waals surface area contributed by atoms with Crippen LogP contribution in [0, 0.1) is 0 Å². The smallest absolute Gasteiger partial charge is 0.143 e. The van der Waals surface area contributed by atoms with Crippen LogP contribution in [0.4, 0.5) is 0 Å². The first-order chi connectivity index (χ1) is 4.99. The van der Waals surface area contributed by atoms with Crippen molar-refractivity contribution < 1.29 is 0 Å². The molecule has 0 rings (SSSR count). The van der Waals surface area contributed by atoms with Crippen molar-refractivity contribution in [3.8, 4) is 0 Å². The minimum Gasteiger partial charge on any atom is -0.414 e. The van der Waals surface area contributed by atoms with Crippen molar-refractivity contribution in [2.24, 2.45) is 0 Å². The highest BCUT2D eigenvalue weighted by Crippen LogP contribution is 2.04. The Morgan fingerprint density at radius 2 is 1.82 bits per heavy atom. The molecule has 11 heavy (non-hydrogen) atoms. The van der Waals surface area contributed by atoms with Crippen molar-refractivity contribution in [3.63, 3.8) is 0 Å². The lowest BCUT2D eigenvalue weighted by Gasteiger charge is -2.21. The maximum Gasteiger partial charge on any atom is 0.143 e. The van der Waals surface area contributed by atoms with Gasteiger partial charge in [0.2, 0.25) is 0 Å². The van der Waals surface area contributed by atoms with E-state index in [0.29, 0.717) is 0 Å². The first kappa shape index (κ1) is 10.8. The molecule has 0 saturated heterocycles. The molecule has 0 aromatic rings. The summed E-state index contributed by atoms with van der Waals surface area (Å²) < 4.78 is 0. The van der Waals surface area contributed by atoms with Gasteiger partial charge in [-0.2, -0.15) is 0 Å². The second kappa shape index (κ2) is 4.60. The summed E-state index contributed by atoms with van der Waals surface area (Å²) in [6.07, 6.45) is 4.57. The zero-order valence-electron chi connectivity index (χ0n) is 8.49. The lowest BCUT2D eigenvalue weighted by Crippen LogP contribution is -2.40. The molecule has 0 saturated carbocycles. The molecule has 0 bridgehead atoms. The molecule has 1 nitrogen and oxygen atoms in total. The zero-order valence-corrected chi connectivity index (χ0v) is 9.49. The molecule has 0 aliphatic rings. The molecule has 0 aromatic heterocycles. The van der Waals surface area contributed by atoms with E-state index in [2.05, 4.69) is 44.5 Å². The Bertz CT molecular complexity index is 133. The largest absolute Gasteiger partial charge is 0.414 e. The highest BCUT2D eigenvalue weighted by atomic mass is 28.3. The van der Waals surface area contributed by atoms with Crippen molar-refractivity contribution in [2.45, 2.75) is 46.3 Å². The van der Waals surface area contributed by atoms with Crippen LogP contribution in [0.25, 0.3) is 0 Å². The van der Waals surface area contributed by atoms with Gasteiger partial charge >= 0.3 is 0 Å². The maximum atomic E-state index is 3.61. The summed E-state index contributed by atoms with van der Waals surface area (Å²) >= 11 is 0. The average molecular weight is 171 g/mol. The van der Waals surface area contributed by atoms with Crippen LogP contribution >= 0.6 is 0 Å². The highest BCUT2D eigenvalue weighted by molar-refractivity contribution is 6.74. The second-order valence-electron chi connectivity index (χ2n) is 3.87. The van der Waals surface area contributed by atoms with Crippen LogP contribution in [0.3, 0.4) is 0 Å². The Kier molecular flexibility index (Phi) is 4.50. The maximum absolute atomic E-state index is 3.61. The molecule has 1 N–H and O–H groups in total. The first-order valence-electron chi connectivity index (χ1n) is 4.46. The number of allylic oxidation sites excluding steroid dienone is 2. The Hall–Kier alpha value is -0.243. The molecule has 0 aliphatic heterocycles. The Morgan fingerprint density at radius 3 is 2.09 bits per heavy atom. The van der Waals surface area contributed by atoms with Gasteiger partial charge in [-0.3, -0.25) is 0 Å². The van der Waals surface area contributed by atoms with E-state index >= 15 is 0 Å². The van der Waals surface area contributed by atoms with Crippen LogP contribution in [0.2, 0.25) is 19.6 Å². The van der Waals surface area contributed by atoms with E-state index in [1.165, 1.54) is 5.70 Å². The fourth-order valence-electron chi connectivity index (χ4n) is 1.01. The number of hydrogen-bond acceptors (Lipinski definition) is 1. The summed E-state index contributed by atoms with van der Waals surface area (Å²) in [5.41, 5.74) is 1.42. The van der Waals surface area contributed by atoms with E-state index in [4.69, 9.17) is 0 Å². The molecule has 2 heteroatoms. The van der Waals surface area contributed by atoms with Crippen LogP contribution in [-0.4, -0.2) is 8.24 Å². The molecule has 0 amide bonds. The third kappa shape index (κ3) is 6.17. The monoisotopic (exact) mass is 171 g/mol. The minimum absolute atomic E-state index is 1.10. The molecule has 0 aromatic carbocycles. The topological polar surface area (TPSA) is 12.0 Å². The van der Waals surface area contributed by atoms with Gasteiger partial charge < -0.3 is 4.98 Å². The Balaban J connectivity index is 3.99. The van der Waals surface area contributed by atoms with Crippen molar-refractivity contribution in [1.82, 2.24) is 4.98 Å². The molecule has 0 spiro atoms. The van der Waals surface area contributed by atoms with E-state index in [-0.39, 0.29) is 0 Å². The number of nitrogens with one attached hydrogen (secondary N) is 1. The molecule has 0 radical (unpaired) electrons. The van der Waals surface area contributed by atoms with Gasteiger partial charge in [0.25, 0.3) is 0 Å². The van der Waals surface area contributed by atoms with Gasteiger partial charge in [-0.25, -0.2) is 0 Å². The average Bonchev–Trinajstić information content (AvgIpc) is 1.84. The fraction of sp³-hybridized carbons (Fsp3) is 0.778. The molecule has 0 unspecified atom stereocenters. The van der Waals surface area contributed by atoms with Crippen molar-refractivity contribution in [2.75, 3.05) is 0 Å². The SMILES string of the molecule is CC/C=C(\CC)N[Si](C)(C)C. The zero-order chi connectivity index (χ0) is 8.91. The van der Waals surface area contributed by atoms with Crippen LogP contribution in [-0.2, 0) is 0 Å². The van der Waals surface area contributed by atoms with Gasteiger partial charge in [-0.05, 0) is 18.5 Å². The summed E-state index contributed by atoms with van der Waals surface area (Å²) in [7, 11) is -1.10. The van der Waals surface area contributed by atoms with E-state index in [0.717, 1.165) is 12.8 Å². The summed E-state index contributed by atoms with van der Waals surface area (Å²) in [5.74, 6) is 0. The third-order valence-electron chi connectivity index (χ3n) is 1.37. The third-order valence-corrected chi connectivity index (χ3v) is 2.44. The molecule has 66 valence electrons. The predicted molar refractivity (Wildman–Crippen MR) is 55.1 cm³/mol. The molecule has 0 heterocycles. The first-order valence-corrected chi connectivity index (χ1v) is 7.96. The van der Waals surface area contributed by atoms with Crippen LogP contribution in [0.1, 0.15) is 26.7 Å². The molecule has 0 aliphatic carbocycles. The molecule has 0 atom stereocenters. The lowest BCUT2D eigenvalue weighted by molar-refractivity contribution is 0.953. The van der Waals surface area contributed by atoms with Crippen molar-refractivity contribution in [3.05, 3.63) is 11.8 Å². The Morgan fingerprint density at radius 1 is 1.27 bits per heavy atom. The van der Waals surface area contributed by atoms with Gasteiger partial charge in [0.05, 0.1) is 0 Å². The molecular formula is C9H21NSi. The highest BCUT2D eigenvalue weighted by Gasteiger charge is 2.12. The van der Waals surface area contributed by atoms with Gasteiger partial charge in [0.15, 0.2) is 0 Å². The lowest BCUT2D eigenvalue weighted by atomic mass is 10.3. The minimum atomic E-state index is -1.10. The van der Waals surface area contributed by atoms with E-state index in [9.17, 15) is 0 Å². The summed E-state index contributed by atoms with van der Waals surface area (Å²) in [6.45, 7) is 11.4. The molecule has 0 fully saturated rings. The quantitative estimate of drug-likeness (QED) is 0.641. The van der Waals surface area contributed by atoms with Gasteiger partial charge in [0.1, 0.15) is 8.24 Å². The Labute approximate surface area is 72.0 Å². The van der Waals surface area contributed by atoms with Crippen LogP contribution in [0.5, 0.6) is 0 Å². The molecular weight excluding hydrogens is 150 g/mol. The van der Waals surface area contributed by atoms with E-state index in [1.807, 2.05) is 0 Å². The van der Waals surface area contributed by atoms with Gasteiger partial charge in [-0.1, -0.05) is 39.6 Å².